The molecule has 29 heavy (non-hydrogen) atoms. The van der Waals surface area contributed by atoms with Gasteiger partial charge in [-0.2, -0.15) is 0 Å². The standard InChI is InChI=1S/C22H25N3O3S/c1-27-18-8-3-6-16(21(18)28-2)14-25-10-4-7-15(13-25)17-12-20(26)24-22(23-17)19-9-5-11-29-19/h3,5-6,8-9,11-12,15H,4,7,10,13-14H2,1-2H3,(H,23,24,26). The lowest BCUT2D eigenvalue weighted by atomic mass is 9.94. The second-order valence-corrected chi connectivity index (χ2v) is 8.17. The first-order valence-corrected chi connectivity index (χ1v) is 10.6. The molecule has 1 aromatic carbocycles. The van der Waals surface area contributed by atoms with Crippen molar-refractivity contribution >= 4 is 11.3 Å². The van der Waals surface area contributed by atoms with Crippen molar-refractivity contribution in [3.05, 3.63) is 63.4 Å². The van der Waals surface area contributed by atoms with Crippen molar-refractivity contribution in [2.24, 2.45) is 0 Å². The summed E-state index contributed by atoms with van der Waals surface area (Å²) in [5.74, 6) is 2.43. The van der Waals surface area contributed by atoms with Crippen LogP contribution in [0.2, 0.25) is 0 Å². The van der Waals surface area contributed by atoms with E-state index in [1.54, 1.807) is 31.6 Å². The number of benzene rings is 1. The van der Waals surface area contributed by atoms with Gasteiger partial charge in [-0.25, -0.2) is 4.98 Å². The Morgan fingerprint density at radius 2 is 2.14 bits per heavy atom. The van der Waals surface area contributed by atoms with Crippen molar-refractivity contribution in [2.45, 2.75) is 25.3 Å². The van der Waals surface area contributed by atoms with Crippen molar-refractivity contribution in [1.29, 1.82) is 0 Å². The van der Waals surface area contributed by atoms with Gasteiger partial charge in [-0.1, -0.05) is 18.2 Å². The number of thiophene rings is 1. The Morgan fingerprint density at radius 3 is 2.90 bits per heavy atom. The largest absolute Gasteiger partial charge is 0.493 e. The number of ether oxygens (including phenoxy) is 2. The molecule has 1 saturated heterocycles. The molecule has 0 bridgehead atoms. The molecular formula is C22H25N3O3S. The van der Waals surface area contributed by atoms with Crippen LogP contribution < -0.4 is 15.0 Å². The van der Waals surface area contributed by atoms with Gasteiger partial charge in [0.25, 0.3) is 5.56 Å². The molecule has 0 saturated carbocycles. The number of methoxy groups -OCH3 is 2. The van der Waals surface area contributed by atoms with E-state index in [0.29, 0.717) is 5.82 Å². The zero-order chi connectivity index (χ0) is 20.2. The Kier molecular flexibility index (Phi) is 5.97. The van der Waals surface area contributed by atoms with Gasteiger partial charge in [0.1, 0.15) is 5.82 Å². The lowest BCUT2D eigenvalue weighted by Crippen LogP contribution is -2.34. The quantitative estimate of drug-likeness (QED) is 0.666. The van der Waals surface area contributed by atoms with Crippen LogP contribution in [-0.4, -0.2) is 42.2 Å². The highest BCUT2D eigenvalue weighted by molar-refractivity contribution is 7.13. The van der Waals surface area contributed by atoms with Gasteiger partial charge in [0, 0.05) is 30.6 Å². The fourth-order valence-electron chi connectivity index (χ4n) is 3.98. The third kappa shape index (κ3) is 4.36. The highest BCUT2D eigenvalue weighted by Crippen LogP contribution is 2.33. The lowest BCUT2D eigenvalue weighted by molar-refractivity contribution is 0.195. The molecule has 1 aliphatic rings. The molecule has 0 aliphatic carbocycles. The number of rotatable bonds is 6. The summed E-state index contributed by atoms with van der Waals surface area (Å²) >= 11 is 1.58. The first-order valence-electron chi connectivity index (χ1n) is 9.75. The average molecular weight is 412 g/mol. The molecule has 7 heteroatoms. The third-order valence-corrected chi connectivity index (χ3v) is 6.19. The fraction of sp³-hybridized carbons (Fsp3) is 0.364. The first kappa shape index (κ1) is 19.7. The van der Waals surface area contributed by atoms with E-state index < -0.39 is 0 Å². The number of hydrogen-bond donors (Lipinski definition) is 1. The lowest BCUT2D eigenvalue weighted by Gasteiger charge is -2.32. The van der Waals surface area contributed by atoms with Gasteiger partial charge in [0.05, 0.1) is 24.8 Å². The molecule has 4 rings (SSSR count). The predicted octanol–water partition coefficient (Wildman–Crippen LogP) is 3.90. The zero-order valence-electron chi connectivity index (χ0n) is 16.7. The maximum absolute atomic E-state index is 12.2. The number of para-hydroxylation sites is 1. The molecule has 0 spiro atoms. The van der Waals surface area contributed by atoms with Crippen LogP contribution in [0.4, 0.5) is 0 Å². The normalized spacial score (nSPS) is 17.2. The second kappa shape index (κ2) is 8.80. The number of nitrogens with zero attached hydrogens (tertiary/aromatic N) is 2. The Balaban J connectivity index is 1.55. The highest BCUT2D eigenvalue weighted by Gasteiger charge is 2.24. The smallest absolute Gasteiger partial charge is 0.251 e. The molecule has 1 unspecified atom stereocenters. The van der Waals surface area contributed by atoms with Crippen molar-refractivity contribution in [2.75, 3.05) is 27.3 Å². The summed E-state index contributed by atoms with van der Waals surface area (Å²) in [6, 6.07) is 11.6. The summed E-state index contributed by atoms with van der Waals surface area (Å²) in [7, 11) is 3.33. The van der Waals surface area contributed by atoms with E-state index in [1.165, 1.54) is 0 Å². The van der Waals surface area contributed by atoms with E-state index in [-0.39, 0.29) is 11.5 Å². The SMILES string of the molecule is COc1cccc(CN2CCCC(c3cc(=O)[nH]c(-c4cccs4)n3)C2)c1OC. The van der Waals surface area contributed by atoms with Crippen molar-refractivity contribution in [3.8, 4) is 22.2 Å². The number of hydrogen-bond acceptors (Lipinski definition) is 6. The van der Waals surface area contributed by atoms with Gasteiger partial charge < -0.3 is 14.5 Å². The van der Waals surface area contributed by atoms with Gasteiger partial charge in [-0.3, -0.25) is 9.69 Å². The molecule has 1 atom stereocenters. The van der Waals surface area contributed by atoms with Gasteiger partial charge in [0.15, 0.2) is 11.5 Å². The Bertz CT molecular complexity index is 1020. The fourth-order valence-corrected chi connectivity index (χ4v) is 4.64. The molecule has 1 aliphatic heterocycles. The number of aromatic amines is 1. The second-order valence-electron chi connectivity index (χ2n) is 7.22. The van der Waals surface area contributed by atoms with Crippen LogP contribution in [0.25, 0.3) is 10.7 Å². The molecule has 152 valence electrons. The summed E-state index contributed by atoms with van der Waals surface area (Å²) < 4.78 is 11.0. The molecule has 1 fully saturated rings. The average Bonchev–Trinajstić information content (AvgIpc) is 3.28. The summed E-state index contributed by atoms with van der Waals surface area (Å²) in [6.45, 7) is 2.65. The van der Waals surface area contributed by atoms with E-state index in [1.807, 2.05) is 29.6 Å². The van der Waals surface area contributed by atoms with Crippen LogP contribution in [0, 0.1) is 0 Å². The topological polar surface area (TPSA) is 67.5 Å². The zero-order valence-corrected chi connectivity index (χ0v) is 17.5. The number of aromatic nitrogens is 2. The molecule has 3 aromatic rings. The van der Waals surface area contributed by atoms with Gasteiger partial charge in [-0.05, 0) is 36.9 Å². The van der Waals surface area contributed by atoms with Gasteiger partial charge in [0.2, 0.25) is 0 Å². The number of likely N-dealkylation sites (tertiary alicyclic amines) is 1. The third-order valence-electron chi connectivity index (χ3n) is 5.32. The summed E-state index contributed by atoms with van der Waals surface area (Å²) in [6.07, 6.45) is 2.10. The van der Waals surface area contributed by atoms with Crippen LogP contribution in [0.5, 0.6) is 11.5 Å². The highest BCUT2D eigenvalue weighted by atomic mass is 32.1. The monoisotopic (exact) mass is 411 g/mol. The van der Waals surface area contributed by atoms with E-state index in [4.69, 9.17) is 14.5 Å². The summed E-state index contributed by atoms with van der Waals surface area (Å²) in [4.78, 5) is 23.3. The van der Waals surface area contributed by atoms with E-state index in [9.17, 15) is 4.79 Å². The molecular weight excluding hydrogens is 386 g/mol. The maximum Gasteiger partial charge on any atom is 0.251 e. The van der Waals surface area contributed by atoms with Gasteiger partial charge >= 0.3 is 0 Å². The summed E-state index contributed by atoms with van der Waals surface area (Å²) in [5.41, 5.74) is 1.88. The van der Waals surface area contributed by atoms with Gasteiger partial charge in [-0.15, -0.1) is 11.3 Å². The van der Waals surface area contributed by atoms with Crippen LogP contribution in [0.3, 0.4) is 0 Å². The van der Waals surface area contributed by atoms with Crippen LogP contribution >= 0.6 is 11.3 Å². The van der Waals surface area contributed by atoms with Crippen molar-refractivity contribution < 1.29 is 9.47 Å². The molecule has 2 aromatic heterocycles. The molecule has 3 heterocycles. The van der Waals surface area contributed by atoms with E-state index in [0.717, 1.165) is 60.1 Å². The predicted molar refractivity (Wildman–Crippen MR) is 115 cm³/mol. The minimum Gasteiger partial charge on any atom is -0.493 e. The Hall–Kier alpha value is -2.64. The van der Waals surface area contributed by atoms with Crippen molar-refractivity contribution in [1.82, 2.24) is 14.9 Å². The van der Waals surface area contributed by atoms with Crippen molar-refractivity contribution in [3.63, 3.8) is 0 Å². The number of piperidine rings is 1. The molecule has 0 radical (unpaired) electrons. The minimum atomic E-state index is -0.0926. The Labute approximate surface area is 174 Å². The summed E-state index contributed by atoms with van der Waals surface area (Å²) in [5, 5.41) is 1.99. The number of nitrogens with one attached hydrogen (secondary N) is 1. The maximum atomic E-state index is 12.2. The Morgan fingerprint density at radius 1 is 1.24 bits per heavy atom. The van der Waals surface area contributed by atoms with Crippen LogP contribution in [-0.2, 0) is 6.54 Å². The first-order chi connectivity index (χ1) is 14.2. The molecule has 6 nitrogen and oxygen atoms in total. The minimum absolute atomic E-state index is 0.0926. The van der Waals surface area contributed by atoms with Crippen LogP contribution in [0.15, 0.2) is 46.6 Å². The molecule has 0 amide bonds. The van der Waals surface area contributed by atoms with E-state index in [2.05, 4.69) is 16.0 Å². The molecule has 1 N–H and O–H groups in total. The van der Waals surface area contributed by atoms with E-state index >= 15 is 0 Å². The van der Waals surface area contributed by atoms with Crippen LogP contribution in [0.1, 0.15) is 30.0 Å². The number of H-pyrrole nitrogens is 1.